The number of hydrogen-bond donors (Lipinski definition) is 0. The zero-order chi connectivity index (χ0) is 8.81. The normalized spacial score (nSPS) is 21.8. The van der Waals surface area contributed by atoms with Crippen LogP contribution in [0.15, 0.2) is 24.8 Å². The molecule has 1 aliphatic rings. The van der Waals surface area contributed by atoms with Crippen molar-refractivity contribution in [3.63, 3.8) is 0 Å². The van der Waals surface area contributed by atoms with Crippen molar-refractivity contribution < 1.29 is 14.3 Å². The number of hydrogen-bond acceptors (Lipinski definition) is 3. The lowest BCUT2D eigenvalue weighted by Crippen LogP contribution is -2.28. The van der Waals surface area contributed by atoms with Crippen molar-refractivity contribution in [1.82, 2.24) is 0 Å². The lowest BCUT2D eigenvalue weighted by molar-refractivity contribution is -0.155. The summed E-state index contributed by atoms with van der Waals surface area (Å²) in [5.74, 6) is -0.306. The molecule has 1 heterocycles. The van der Waals surface area contributed by atoms with E-state index in [1.807, 2.05) is 12.2 Å². The fourth-order valence-corrected chi connectivity index (χ4v) is 0.926. The van der Waals surface area contributed by atoms with Crippen molar-refractivity contribution in [2.45, 2.75) is 12.5 Å². The molecule has 0 fully saturated rings. The lowest BCUT2D eigenvalue weighted by Gasteiger charge is -2.16. The molecule has 1 aliphatic heterocycles. The molecule has 0 aromatic rings. The van der Waals surface area contributed by atoms with Crippen LogP contribution in [0.5, 0.6) is 0 Å². The highest BCUT2D eigenvalue weighted by Crippen LogP contribution is 2.07. The average Bonchev–Trinajstić information content (AvgIpc) is 2.15. The van der Waals surface area contributed by atoms with Crippen LogP contribution >= 0.6 is 0 Å². The lowest BCUT2D eigenvalue weighted by atomic mass is 10.2. The Bertz CT molecular complexity index is 196. The summed E-state index contributed by atoms with van der Waals surface area (Å²) in [4.78, 5) is 11.1. The van der Waals surface area contributed by atoms with Crippen molar-refractivity contribution in [2.75, 3.05) is 13.2 Å². The molecule has 1 rings (SSSR count). The summed E-state index contributed by atoms with van der Waals surface area (Å²) in [7, 11) is 0. The molecule has 1 unspecified atom stereocenters. The Kier molecular flexibility index (Phi) is 3.54. The zero-order valence-electron chi connectivity index (χ0n) is 6.86. The maximum absolute atomic E-state index is 11.1. The third-order valence-corrected chi connectivity index (χ3v) is 1.52. The Morgan fingerprint density at radius 3 is 3.17 bits per heavy atom. The Labute approximate surface area is 71.7 Å². The van der Waals surface area contributed by atoms with Gasteiger partial charge in [0.15, 0.2) is 6.10 Å². The molecule has 1 atom stereocenters. The maximum atomic E-state index is 11.1. The van der Waals surface area contributed by atoms with Crippen LogP contribution < -0.4 is 0 Å². The molecular weight excluding hydrogens is 156 g/mol. The minimum Gasteiger partial charge on any atom is -0.460 e. The topological polar surface area (TPSA) is 35.5 Å². The van der Waals surface area contributed by atoms with Crippen molar-refractivity contribution in [3.05, 3.63) is 24.8 Å². The summed E-state index contributed by atoms with van der Waals surface area (Å²) in [6, 6.07) is 0. The second-order valence-electron chi connectivity index (χ2n) is 2.45. The summed E-state index contributed by atoms with van der Waals surface area (Å²) >= 11 is 0. The second-order valence-corrected chi connectivity index (χ2v) is 2.45. The molecule has 0 radical (unpaired) electrons. The molecule has 0 aromatic heterocycles. The van der Waals surface area contributed by atoms with E-state index >= 15 is 0 Å². The Morgan fingerprint density at radius 1 is 1.75 bits per heavy atom. The molecule has 3 heteroatoms. The standard InChI is InChI=1S/C9H12O3/c1-2-6-12-9(10)8-5-3-4-7-11-8/h2-4,8H,1,5-7H2. The fourth-order valence-electron chi connectivity index (χ4n) is 0.926. The van der Waals surface area contributed by atoms with E-state index in [1.165, 1.54) is 6.08 Å². The van der Waals surface area contributed by atoms with Crippen LogP contribution in [0, 0.1) is 0 Å². The van der Waals surface area contributed by atoms with Gasteiger partial charge < -0.3 is 9.47 Å². The molecular formula is C9H12O3. The highest BCUT2D eigenvalue weighted by molar-refractivity contribution is 5.75. The third-order valence-electron chi connectivity index (χ3n) is 1.52. The van der Waals surface area contributed by atoms with Gasteiger partial charge in [0.05, 0.1) is 6.61 Å². The number of esters is 1. The Hall–Kier alpha value is -1.09. The van der Waals surface area contributed by atoms with Crippen molar-refractivity contribution in [3.8, 4) is 0 Å². The van der Waals surface area contributed by atoms with Gasteiger partial charge >= 0.3 is 5.97 Å². The van der Waals surface area contributed by atoms with Crippen LogP contribution in [0.25, 0.3) is 0 Å². The summed E-state index contributed by atoms with van der Waals surface area (Å²) in [5, 5.41) is 0. The molecule has 0 bridgehead atoms. The first-order chi connectivity index (χ1) is 5.84. The van der Waals surface area contributed by atoms with Gasteiger partial charge in [0.1, 0.15) is 6.61 Å². The SMILES string of the molecule is C=CCOC(=O)C1CC=CCO1. The van der Waals surface area contributed by atoms with E-state index in [0.717, 1.165) is 0 Å². The monoisotopic (exact) mass is 168 g/mol. The van der Waals surface area contributed by atoms with Crippen LogP contribution in [-0.2, 0) is 14.3 Å². The van der Waals surface area contributed by atoms with E-state index in [9.17, 15) is 4.79 Å². The minimum absolute atomic E-state index is 0.252. The van der Waals surface area contributed by atoms with Crippen LogP contribution in [0.2, 0.25) is 0 Å². The van der Waals surface area contributed by atoms with Gasteiger partial charge in [-0.1, -0.05) is 24.8 Å². The van der Waals surface area contributed by atoms with Crippen molar-refractivity contribution in [1.29, 1.82) is 0 Å². The first-order valence-corrected chi connectivity index (χ1v) is 3.88. The molecule has 0 aromatic carbocycles. The Morgan fingerprint density at radius 2 is 2.58 bits per heavy atom. The minimum atomic E-state index is -0.421. The quantitative estimate of drug-likeness (QED) is 0.467. The highest BCUT2D eigenvalue weighted by Gasteiger charge is 2.20. The first-order valence-electron chi connectivity index (χ1n) is 3.88. The summed E-state index contributed by atoms with van der Waals surface area (Å²) in [6.07, 6.45) is 5.53. The summed E-state index contributed by atoms with van der Waals surface area (Å²) in [6.45, 7) is 4.19. The molecule has 0 saturated carbocycles. The molecule has 0 spiro atoms. The molecule has 0 saturated heterocycles. The van der Waals surface area contributed by atoms with Crippen LogP contribution in [0.3, 0.4) is 0 Å². The van der Waals surface area contributed by atoms with Gasteiger partial charge in [-0.2, -0.15) is 0 Å². The third kappa shape index (κ3) is 2.51. The molecule has 3 nitrogen and oxygen atoms in total. The van der Waals surface area contributed by atoms with Gasteiger partial charge in [-0.3, -0.25) is 0 Å². The van der Waals surface area contributed by atoms with E-state index < -0.39 is 6.10 Å². The predicted octanol–water partition coefficient (Wildman–Crippen LogP) is 1.06. The number of rotatable bonds is 3. The predicted molar refractivity (Wildman–Crippen MR) is 44.7 cm³/mol. The number of carbonyl (C=O) groups excluding carboxylic acids is 1. The van der Waals surface area contributed by atoms with Gasteiger partial charge in [0.2, 0.25) is 0 Å². The zero-order valence-corrected chi connectivity index (χ0v) is 6.86. The molecule has 0 amide bonds. The largest absolute Gasteiger partial charge is 0.460 e. The molecule has 0 aliphatic carbocycles. The van der Waals surface area contributed by atoms with E-state index in [2.05, 4.69) is 6.58 Å². The van der Waals surface area contributed by atoms with Crippen LogP contribution in [-0.4, -0.2) is 25.3 Å². The number of carbonyl (C=O) groups is 1. The van der Waals surface area contributed by atoms with Crippen molar-refractivity contribution in [2.24, 2.45) is 0 Å². The van der Waals surface area contributed by atoms with Gasteiger partial charge in [0, 0.05) is 6.42 Å². The second kappa shape index (κ2) is 4.72. The molecule has 0 N–H and O–H groups in total. The van der Waals surface area contributed by atoms with Gasteiger partial charge in [-0.15, -0.1) is 0 Å². The summed E-state index contributed by atoms with van der Waals surface area (Å²) < 4.78 is 9.96. The first kappa shape index (κ1) is 9.00. The summed E-state index contributed by atoms with van der Waals surface area (Å²) in [5.41, 5.74) is 0. The van der Waals surface area contributed by atoms with Crippen LogP contribution in [0.4, 0.5) is 0 Å². The van der Waals surface area contributed by atoms with E-state index in [4.69, 9.17) is 9.47 Å². The van der Waals surface area contributed by atoms with Gasteiger partial charge in [-0.05, 0) is 0 Å². The van der Waals surface area contributed by atoms with Gasteiger partial charge in [-0.25, -0.2) is 4.79 Å². The van der Waals surface area contributed by atoms with E-state index in [-0.39, 0.29) is 12.6 Å². The van der Waals surface area contributed by atoms with E-state index in [1.54, 1.807) is 0 Å². The van der Waals surface area contributed by atoms with E-state index in [0.29, 0.717) is 13.0 Å². The fraction of sp³-hybridized carbons (Fsp3) is 0.444. The van der Waals surface area contributed by atoms with Gasteiger partial charge in [0.25, 0.3) is 0 Å². The molecule has 66 valence electrons. The van der Waals surface area contributed by atoms with Crippen LogP contribution in [0.1, 0.15) is 6.42 Å². The number of ether oxygens (including phenoxy) is 2. The maximum Gasteiger partial charge on any atom is 0.335 e. The molecule has 12 heavy (non-hydrogen) atoms. The average molecular weight is 168 g/mol. The van der Waals surface area contributed by atoms with Crippen molar-refractivity contribution >= 4 is 5.97 Å². The Balaban J connectivity index is 2.31. The smallest absolute Gasteiger partial charge is 0.335 e. The highest BCUT2D eigenvalue weighted by atomic mass is 16.6.